The van der Waals surface area contributed by atoms with Crippen LogP contribution in [0.4, 0.5) is 4.39 Å². The van der Waals surface area contributed by atoms with Crippen LogP contribution in [0.15, 0.2) is 22.7 Å². The molecule has 7 heteroatoms. The molecule has 0 amide bonds. The van der Waals surface area contributed by atoms with Gasteiger partial charge in [-0.15, -0.1) is 12.4 Å². The first-order valence-corrected chi connectivity index (χ1v) is 7.81. The van der Waals surface area contributed by atoms with Gasteiger partial charge in [0.15, 0.2) is 0 Å². The Labute approximate surface area is 147 Å². The first-order chi connectivity index (χ1) is 10.8. The molecule has 3 rings (SSSR count). The Bertz CT molecular complexity index is 734. The van der Waals surface area contributed by atoms with Crippen LogP contribution < -0.4 is 5.73 Å². The number of nitrogens with zero attached hydrogens (tertiary/aromatic N) is 2. The van der Waals surface area contributed by atoms with Crippen LogP contribution in [0, 0.1) is 18.2 Å². The van der Waals surface area contributed by atoms with Crippen molar-refractivity contribution >= 4 is 12.4 Å². The number of hydrogen-bond donors (Lipinski definition) is 1. The SMILES string of the molecule is CCOC1CC(N)(c2nc(-c3ccc(C)c(F)c3)no2)C1(C)C.Cl. The summed E-state index contributed by atoms with van der Waals surface area (Å²) in [4.78, 5) is 4.41. The van der Waals surface area contributed by atoms with Crippen LogP contribution in [0.1, 0.15) is 38.6 Å². The molecule has 0 radical (unpaired) electrons. The number of aromatic nitrogens is 2. The third-order valence-electron chi connectivity index (χ3n) is 5.07. The van der Waals surface area contributed by atoms with Gasteiger partial charge in [0.25, 0.3) is 0 Å². The molecule has 2 aromatic rings. The maximum Gasteiger partial charge on any atom is 0.247 e. The molecule has 0 saturated heterocycles. The average molecular weight is 356 g/mol. The van der Waals surface area contributed by atoms with Crippen molar-refractivity contribution in [3.63, 3.8) is 0 Å². The lowest BCUT2D eigenvalue weighted by Crippen LogP contribution is -2.67. The standard InChI is InChI=1S/C17H22FN3O2.ClH/c1-5-22-13-9-17(19,16(13,3)4)15-20-14(21-23-15)11-7-6-10(2)12(18)8-11;/h6-8,13H,5,9,19H2,1-4H3;1H. The molecule has 5 nitrogen and oxygen atoms in total. The first kappa shape index (κ1) is 18.8. The maximum absolute atomic E-state index is 13.7. The lowest BCUT2D eigenvalue weighted by Gasteiger charge is -2.56. The van der Waals surface area contributed by atoms with Crippen LogP contribution in [0.2, 0.25) is 0 Å². The van der Waals surface area contributed by atoms with Gasteiger partial charge in [0.1, 0.15) is 11.4 Å². The van der Waals surface area contributed by atoms with Crippen LogP contribution in [0.5, 0.6) is 0 Å². The van der Waals surface area contributed by atoms with Crippen LogP contribution in [0.3, 0.4) is 0 Å². The fourth-order valence-corrected chi connectivity index (χ4v) is 3.05. The van der Waals surface area contributed by atoms with Gasteiger partial charge in [-0.25, -0.2) is 4.39 Å². The summed E-state index contributed by atoms with van der Waals surface area (Å²) < 4.78 is 24.8. The normalized spacial score (nSPS) is 25.0. The van der Waals surface area contributed by atoms with Crippen molar-refractivity contribution in [3.05, 3.63) is 35.5 Å². The maximum atomic E-state index is 13.7. The van der Waals surface area contributed by atoms with Crippen molar-refractivity contribution < 1.29 is 13.7 Å². The Hall–Kier alpha value is -1.50. The molecule has 0 bridgehead atoms. The third-order valence-corrected chi connectivity index (χ3v) is 5.07. The highest BCUT2D eigenvalue weighted by atomic mass is 35.5. The molecule has 1 aliphatic rings. The van der Waals surface area contributed by atoms with E-state index < -0.39 is 5.54 Å². The number of hydrogen-bond acceptors (Lipinski definition) is 5. The zero-order valence-corrected chi connectivity index (χ0v) is 15.1. The van der Waals surface area contributed by atoms with E-state index >= 15 is 0 Å². The van der Waals surface area contributed by atoms with Gasteiger partial charge in [0.05, 0.1) is 6.10 Å². The topological polar surface area (TPSA) is 74.2 Å². The summed E-state index contributed by atoms with van der Waals surface area (Å²) in [5.74, 6) is 0.422. The van der Waals surface area contributed by atoms with E-state index in [1.54, 1.807) is 19.1 Å². The average Bonchev–Trinajstić information content (AvgIpc) is 3.00. The Morgan fingerprint density at radius 3 is 2.71 bits per heavy atom. The zero-order chi connectivity index (χ0) is 16.8. The van der Waals surface area contributed by atoms with Gasteiger partial charge in [-0.05, 0) is 25.5 Å². The van der Waals surface area contributed by atoms with Crippen LogP contribution in [-0.4, -0.2) is 22.9 Å². The molecule has 0 aliphatic heterocycles. The molecule has 2 unspecified atom stereocenters. The molecular formula is C17H23ClFN3O2. The molecule has 1 fully saturated rings. The lowest BCUT2D eigenvalue weighted by molar-refractivity contribution is -0.162. The number of benzene rings is 1. The van der Waals surface area contributed by atoms with Gasteiger partial charge >= 0.3 is 0 Å². The van der Waals surface area contributed by atoms with Gasteiger partial charge in [-0.2, -0.15) is 4.98 Å². The van der Waals surface area contributed by atoms with Gasteiger partial charge in [-0.1, -0.05) is 31.1 Å². The summed E-state index contributed by atoms with van der Waals surface area (Å²) in [6, 6.07) is 4.87. The summed E-state index contributed by atoms with van der Waals surface area (Å²) in [5, 5.41) is 3.97. The Kier molecular flexibility index (Phi) is 5.04. The van der Waals surface area contributed by atoms with Crippen LogP contribution >= 0.6 is 12.4 Å². The second kappa shape index (κ2) is 6.43. The van der Waals surface area contributed by atoms with E-state index in [1.165, 1.54) is 6.07 Å². The molecule has 2 atom stereocenters. The van der Waals surface area contributed by atoms with Crippen LogP contribution in [0.25, 0.3) is 11.4 Å². The summed E-state index contributed by atoms with van der Waals surface area (Å²) in [7, 11) is 0. The molecule has 132 valence electrons. The van der Waals surface area contributed by atoms with Crippen molar-refractivity contribution in [1.82, 2.24) is 10.1 Å². The van der Waals surface area contributed by atoms with E-state index in [-0.39, 0.29) is 29.7 Å². The van der Waals surface area contributed by atoms with Crippen molar-refractivity contribution in [1.29, 1.82) is 0 Å². The van der Waals surface area contributed by atoms with E-state index in [0.717, 1.165) is 0 Å². The van der Waals surface area contributed by atoms with Gasteiger partial charge in [0.2, 0.25) is 11.7 Å². The first-order valence-electron chi connectivity index (χ1n) is 7.81. The highest BCUT2D eigenvalue weighted by Crippen LogP contribution is 2.55. The molecule has 1 heterocycles. The molecular weight excluding hydrogens is 333 g/mol. The van der Waals surface area contributed by atoms with Crippen molar-refractivity contribution in [2.24, 2.45) is 11.1 Å². The summed E-state index contributed by atoms with van der Waals surface area (Å²) >= 11 is 0. The second-order valence-electron chi connectivity index (χ2n) is 6.73. The van der Waals surface area contributed by atoms with Crippen molar-refractivity contribution in [2.75, 3.05) is 6.61 Å². The van der Waals surface area contributed by atoms with Crippen LogP contribution in [-0.2, 0) is 10.3 Å². The fraction of sp³-hybridized carbons (Fsp3) is 0.529. The van der Waals surface area contributed by atoms with E-state index in [2.05, 4.69) is 10.1 Å². The van der Waals surface area contributed by atoms with Crippen molar-refractivity contribution in [2.45, 2.75) is 45.8 Å². The minimum absolute atomic E-state index is 0. The minimum atomic E-state index is -0.735. The molecule has 1 aromatic carbocycles. The number of rotatable bonds is 4. The van der Waals surface area contributed by atoms with Gasteiger partial charge in [-0.3, -0.25) is 0 Å². The van der Waals surface area contributed by atoms with E-state index in [4.69, 9.17) is 15.0 Å². The van der Waals surface area contributed by atoms with E-state index in [0.29, 0.717) is 35.9 Å². The number of aryl methyl sites for hydroxylation is 1. The number of nitrogens with two attached hydrogens (primary N) is 1. The van der Waals surface area contributed by atoms with Gasteiger partial charge in [0, 0.05) is 24.0 Å². The highest BCUT2D eigenvalue weighted by molar-refractivity contribution is 5.85. The number of ether oxygens (including phenoxy) is 1. The summed E-state index contributed by atoms with van der Waals surface area (Å²) in [6.07, 6.45) is 0.683. The zero-order valence-electron chi connectivity index (χ0n) is 14.3. The fourth-order valence-electron chi connectivity index (χ4n) is 3.05. The lowest BCUT2D eigenvalue weighted by atomic mass is 9.54. The largest absolute Gasteiger partial charge is 0.378 e. The summed E-state index contributed by atoms with van der Waals surface area (Å²) in [5.41, 5.74) is 6.62. The van der Waals surface area contributed by atoms with E-state index in [9.17, 15) is 4.39 Å². The monoisotopic (exact) mass is 355 g/mol. The predicted molar refractivity (Wildman–Crippen MR) is 91.4 cm³/mol. The molecule has 24 heavy (non-hydrogen) atoms. The predicted octanol–water partition coefficient (Wildman–Crippen LogP) is 3.59. The Morgan fingerprint density at radius 1 is 1.42 bits per heavy atom. The molecule has 2 N–H and O–H groups in total. The Morgan fingerprint density at radius 2 is 2.12 bits per heavy atom. The quantitative estimate of drug-likeness (QED) is 0.907. The second-order valence-corrected chi connectivity index (χ2v) is 6.73. The molecule has 1 aliphatic carbocycles. The van der Waals surface area contributed by atoms with Gasteiger partial charge < -0.3 is 15.0 Å². The molecule has 1 aromatic heterocycles. The smallest absolute Gasteiger partial charge is 0.247 e. The molecule has 1 saturated carbocycles. The molecule has 0 spiro atoms. The summed E-state index contributed by atoms with van der Waals surface area (Å²) in [6.45, 7) is 8.38. The third kappa shape index (κ3) is 2.72. The minimum Gasteiger partial charge on any atom is -0.378 e. The number of halogens is 2. The van der Waals surface area contributed by atoms with E-state index in [1.807, 2.05) is 20.8 Å². The highest BCUT2D eigenvalue weighted by Gasteiger charge is 2.62. The van der Waals surface area contributed by atoms with Crippen molar-refractivity contribution in [3.8, 4) is 11.4 Å². The Balaban J connectivity index is 0.00000208.